The van der Waals surface area contributed by atoms with Gasteiger partial charge in [0.1, 0.15) is 0 Å². The number of nitrogens with two attached hydrogens (primary N) is 1. The molecular formula is C10H12ClNO. The van der Waals surface area contributed by atoms with E-state index in [4.69, 9.17) is 17.3 Å². The monoisotopic (exact) mass is 197 g/mol. The minimum atomic E-state index is -0.0720. The Bertz CT molecular complexity index is 323. The van der Waals surface area contributed by atoms with Crippen molar-refractivity contribution in [2.75, 3.05) is 6.54 Å². The molecule has 0 fully saturated rings. The van der Waals surface area contributed by atoms with Crippen LogP contribution in [0.15, 0.2) is 18.2 Å². The van der Waals surface area contributed by atoms with E-state index in [-0.39, 0.29) is 12.3 Å². The molecule has 0 atom stereocenters. The smallest absolute Gasteiger partial charge is 0.176 e. The van der Waals surface area contributed by atoms with Gasteiger partial charge in [0.25, 0.3) is 0 Å². The molecule has 0 unspecified atom stereocenters. The van der Waals surface area contributed by atoms with E-state index in [1.165, 1.54) is 0 Å². The molecule has 0 bridgehead atoms. The molecule has 1 aromatic carbocycles. The molecule has 13 heavy (non-hydrogen) atoms. The van der Waals surface area contributed by atoms with Crippen molar-refractivity contribution in [3.05, 3.63) is 34.3 Å². The highest BCUT2D eigenvalue weighted by Gasteiger charge is 2.05. The zero-order chi connectivity index (χ0) is 9.84. The van der Waals surface area contributed by atoms with Gasteiger partial charge in [-0.25, -0.2) is 0 Å². The van der Waals surface area contributed by atoms with Gasteiger partial charge in [-0.15, -0.1) is 0 Å². The Balaban J connectivity index is 3.08. The van der Waals surface area contributed by atoms with Gasteiger partial charge in [-0.05, 0) is 30.2 Å². The first-order valence-corrected chi connectivity index (χ1v) is 4.58. The summed E-state index contributed by atoms with van der Waals surface area (Å²) in [5.74, 6) is -0.0720. The van der Waals surface area contributed by atoms with Crippen LogP contribution in [0.5, 0.6) is 0 Å². The topological polar surface area (TPSA) is 43.1 Å². The minimum absolute atomic E-state index is 0.0312. The summed E-state index contributed by atoms with van der Waals surface area (Å²) in [6.07, 6.45) is 0.866. The Morgan fingerprint density at radius 3 is 2.69 bits per heavy atom. The van der Waals surface area contributed by atoms with Crippen molar-refractivity contribution in [3.8, 4) is 0 Å². The highest BCUT2D eigenvalue weighted by Crippen LogP contribution is 2.15. The number of aryl methyl sites for hydroxylation is 1. The van der Waals surface area contributed by atoms with E-state index in [0.717, 1.165) is 12.0 Å². The van der Waals surface area contributed by atoms with E-state index in [1.54, 1.807) is 6.07 Å². The third kappa shape index (κ3) is 2.54. The fourth-order valence-corrected chi connectivity index (χ4v) is 1.39. The second-order valence-electron chi connectivity index (χ2n) is 2.83. The third-order valence-electron chi connectivity index (χ3n) is 1.87. The molecule has 0 aliphatic heterocycles. The Labute approximate surface area is 82.7 Å². The summed E-state index contributed by atoms with van der Waals surface area (Å²) in [7, 11) is 0. The largest absolute Gasteiger partial charge is 0.324 e. The molecular weight excluding hydrogens is 186 g/mol. The van der Waals surface area contributed by atoms with Crippen LogP contribution in [0.4, 0.5) is 0 Å². The van der Waals surface area contributed by atoms with Crippen LogP contribution in [0.3, 0.4) is 0 Å². The van der Waals surface area contributed by atoms with E-state index in [2.05, 4.69) is 0 Å². The van der Waals surface area contributed by atoms with Gasteiger partial charge in [-0.2, -0.15) is 0 Å². The number of benzene rings is 1. The van der Waals surface area contributed by atoms with Crippen molar-refractivity contribution < 1.29 is 4.79 Å². The van der Waals surface area contributed by atoms with Crippen LogP contribution in [0.1, 0.15) is 22.8 Å². The van der Waals surface area contributed by atoms with E-state index in [9.17, 15) is 4.79 Å². The predicted molar refractivity (Wildman–Crippen MR) is 54.2 cm³/mol. The molecule has 0 heterocycles. The average molecular weight is 198 g/mol. The number of ketones is 1. The summed E-state index contributed by atoms with van der Waals surface area (Å²) < 4.78 is 0. The summed E-state index contributed by atoms with van der Waals surface area (Å²) in [6.45, 7) is 2.05. The van der Waals surface area contributed by atoms with E-state index < -0.39 is 0 Å². The number of carbonyl (C=O) groups excluding carboxylic acids is 1. The Morgan fingerprint density at radius 1 is 1.46 bits per heavy atom. The molecule has 3 heteroatoms. The maximum absolute atomic E-state index is 11.3. The maximum atomic E-state index is 11.3. The first-order chi connectivity index (χ1) is 6.17. The van der Waals surface area contributed by atoms with Crippen LogP contribution >= 0.6 is 11.6 Å². The van der Waals surface area contributed by atoms with Crippen molar-refractivity contribution in [1.82, 2.24) is 0 Å². The summed E-state index contributed by atoms with van der Waals surface area (Å²) >= 11 is 5.84. The second-order valence-corrected chi connectivity index (χ2v) is 3.27. The third-order valence-corrected chi connectivity index (χ3v) is 2.09. The van der Waals surface area contributed by atoms with Crippen LogP contribution < -0.4 is 5.73 Å². The van der Waals surface area contributed by atoms with Gasteiger partial charge in [-0.3, -0.25) is 4.79 Å². The van der Waals surface area contributed by atoms with Crippen molar-refractivity contribution >= 4 is 17.4 Å². The lowest BCUT2D eigenvalue weighted by atomic mass is 10.1. The number of Topliss-reactive ketones (excluding diaryl/α,β-unsaturated/α-hetero) is 1. The standard InChI is InChI=1S/C10H12ClNO/c1-2-7-3-8(10(13)6-12)5-9(11)4-7/h3-5H,2,6,12H2,1H3. The van der Waals surface area contributed by atoms with Gasteiger partial charge >= 0.3 is 0 Å². The fourth-order valence-electron chi connectivity index (χ4n) is 1.13. The number of hydrogen-bond donors (Lipinski definition) is 1. The Morgan fingerprint density at radius 2 is 2.15 bits per heavy atom. The lowest BCUT2D eigenvalue weighted by Gasteiger charge is -2.02. The normalized spacial score (nSPS) is 10.1. The van der Waals surface area contributed by atoms with E-state index in [1.807, 2.05) is 19.1 Å². The number of rotatable bonds is 3. The molecule has 1 rings (SSSR count). The van der Waals surface area contributed by atoms with Gasteiger partial charge in [-0.1, -0.05) is 18.5 Å². The molecule has 0 aliphatic rings. The van der Waals surface area contributed by atoms with Gasteiger partial charge in [0.15, 0.2) is 5.78 Å². The predicted octanol–water partition coefficient (Wildman–Crippen LogP) is 2.04. The average Bonchev–Trinajstić information content (AvgIpc) is 2.15. The van der Waals surface area contributed by atoms with Crippen LogP contribution in [0.25, 0.3) is 0 Å². The maximum Gasteiger partial charge on any atom is 0.176 e. The molecule has 1 aromatic rings. The number of halogens is 1. The molecule has 2 nitrogen and oxygen atoms in total. The van der Waals surface area contributed by atoms with E-state index in [0.29, 0.717) is 10.6 Å². The van der Waals surface area contributed by atoms with Crippen molar-refractivity contribution in [1.29, 1.82) is 0 Å². The lowest BCUT2D eigenvalue weighted by molar-refractivity contribution is 0.100. The van der Waals surface area contributed by atoms with Gasteiger partial charge in [0.2, 0.25) is 0 Å². The Kier molecular flexibility index (Phi) is 3.46. The van der Waals surface area contributed by atoms with Gasteiger partial charge < -0.3 is 5.73 Å². The molecule has 0 spiro atoms. The second kappa shape index (κ2) is 4.40. The van der Waals surface area contributed by atoms with Crippen LogP contribution in [-0.4, -0.2) is 12.3 Å². The van der Waals surface area contributed by atoms with E-state index >= 15 is 0 Å². The summed E-state index contributed by atoms with van der Waals surface area (Å²) in [5, 5.41) is 0.594. The molecule has 0 aromatic heterocycles. The quantitative estimate of drug-likeness (QED) is 0.754. The SMILES string of the molecule is CCc1cc(Cl)cc(C(=O)CN)c1. The molecule has 70 valence electrons. The first kappa shape index (κ1) is 10.2. The molecule has 0 saturated carbocycles. The van der Waals surface area contributed by atoms with Crippen LogP contribution in [-0.2, 0) is 6.42 Å². The van der Waals surface area contributed by atoms with Crippen molar-refractivity contribution in [2.24, 2.45) is 5.73 Å². The first-order valence-electron chi connectivity index (χ1n) is 4.20. The molecule has 0 radical (unpaired) electrons. The zero-order valence-corrected chi connectivity index (χ0v) is 8.27. The molecule has 2 N–H and O–H groups in total. The molecule has 0 aliphatic carbocycles. The van der Waals surface area contributed by atoms with Crippen molar-refractivity contribution in [2.45, 2.75) is 13.3 Å². The highest BCUT2D eigenvalue weighted by atomic mass is 35.5. The zero-order valence-electron chi connectivity index (χ0n) is 7.51. The fraction of sp³-hybridized carbons (Fsp3) is 0.300. The van der Waals surface area contributed by atoms with Gasteiger partial charge in [0, 0.05) is 10.6 Å². The minimum Gasteiger partial charge on any atom is -0.324 e. The summed E-state index contributed by atoms with van der Waals surface area (Å²) in [4.78, 5) is 11.3. The number of carbonyl (C=O) groups is 1. The Hall–Kier alpha value is -0.860. The highest BCUT2D eigenvalue weighted by molar-refractivity contribution is 6.31. The van der Waals surface area contributed by atoms with Crippen LogP contribution in [0.2, 0.25) is 5.02 Å². The van der Waals surface area contributed by atoms with Gasteiger partial charge in [0.05, 0.1) is 6.54 Å². The lowest BCUT2D eigenvalue weighted by Crippen LogP contribution is -2.13. The molecule has 0 saturated heterocycles. The van der Waals surface area contributed by atoms with Crippen molar-refractivity contribution in [3.63, 3.8) is 0 Å². The number of hydrogen-bond acceptors (Lipinski definition) is 2. The summed E-state index contributed by atoms with van der Waals surface area (Å²) in [5.41, 5.74) is 6.92. The van der Waals surface area contributed by atoms with Crippen LogP contribution in [0, 0.1) is 0 Å². The summed E-state index contributed by atoms with van der Waals surface area (Å²) in [6, 6.07) is 5.34. The molecule has 0 amide bonds.